The maximum atomic E-state index is 12.4. The van der Waals surface area contributed by atoms with Gasteiger partial charge >= 0.3 is 6.09 Å². The summed E-state index contributed by atoms with van der Waals surface area (Å²) in [5, 5.41) is 0. The Bertz CT molecular complexity index is 658. The average Bonchev–Trinajstić information content (AvgIpc) is 2.52. The minimum atomic E-state index is -0.494. The van der Waals surface area contributed by atoms with Crippen molar-refractivity contribution < 1.29 is 14.3 Å². The second-order valence-corrected chi connectivity index (χ2v) is 7.75. The molecule has 0 bridgehead atoms. The van der Waals surface area contributed by atoms with Crippen LogP contribution in [0.15, 0.2) is 18.3 Å². The second-order valence-electron chi connectivity index (χ2n) is 7.75. The van der Waals surface area contributed by atoms with Crippen molar-refractivity contribution in [2.75, 3.05) is 25.0 Å². The molecular formula is C18H25N3O3. The number of nitrogens with zero attached hydrogens (tertiary/aromatic N) is 3. The number of likely N-dealkylation sites (tertiary alicyclic amines) is 1. The van der Waals surface area contributed by atoms with Gasteiger partial charge in [-0.15, -0.1) is 0 Å². The van der Waals surface area contributed by atoms with Crippen LogP contribution in [0.25, 0.3) is 0 Å². The molecule has 1 aromatic rings. The fourth-order valence-corrected chi connectivity index (χ4v) is 3.59. The van der Waals surface area contributed by atoms with Crippen molar-refractivity contribution in [1.82, 2.24) is 9.88 Å². The van der Waals surface area contributed by atoms with Crippen LogP contribution in [0.1, 0.15) is 45.6 Å². The molecular weight excluding hydrogens is 306 g/mol. The van der Waals surface area contributed by atoms with E-state index in [0.717, 1.165) is 24.2 Å². The number of fused-ring (bicyclic) bond motifs is 2. The van der Waals surface area contributed by atoms with Crippen LogP contribution in [0.4, 0.5) is 10.6 Å². The van der Waals surface area contributed by atoms with Crippen LogP contribution in [-0.2, 0) is 14.9 Å². The third-order valence-corrected chi connectivity index (χ3v) is 4.91. The van der Waals surface area contributed by atoms with E-state index in [-0.39, 0.29) is 17.4 Å². The molecule has 1 saturated heterocycles. The largest absolute Gasteiger partial charge is 0.444 e. The van der Waals surface area contributed by atoms with Crippen molar-refractivity contribution in [1.29, 1.82) is 0 Å². The molecule has 1 aromatic heterocycles. The zero-order valence-electron chi connectivity index (χ0n) is 14.8. The standard InChI is InChI=1S/C18H25N3O3/c1-17(2,3)24-16(23)21-10-7-18(8-11-21)12-14(22)20(4)15-13(18)6-5-9-19-15/h5-6,9H,7-8,10-12H2,1-4H3. The van der Waals surface area contributed by atoms with Gasteiger partial charge in [0.15, 0.2) is 0 Å². The Hall–Kier alpha value is -2.11. The van der Waals surface area contributed by atoms with Gasteiger partial charge in [0.05, 0.1) is 0 Å². The van der Waals surface area contributed by atoms with Crippen LogP contribution in [0.5, 0.6) is 0 Å². The maximum Gasteiger partial charge on any atom is 0.410 e. The molecule has 0 atom stereocenters. The summed E-state index contributed by atoms with van der Waals surface area (Å²) in [7, 11) is 1.77. The number of amides is 2. The van der Waals surface area contributed by atoms with Gasteiger partial charge in [-0.1, -0.05) is 6.07 Å². The second kappa shape index (κ2) is 5.76. The van der Waals surface area contributed by atoms with E-state index < -0.39 is 5.60 Å². The molecule has 1 spiro atoms. The molecule has 0 unspecified atom stereocenters. The highest BCUT2D eigenvalue weighted by molar-refractivity contribution is 5.96. The van der Waals surface area contributed by atoms with Gasteiger partial charge < -0.3 is 9.64 Å². The van der Waals surface area contributed by atoms with Crippen molar-refractivity contribution in [2.24, 2.45) is 0 Å². The van der Waals surface area contributed by atoms with E-state index in [0.29, 0.717) is 19.5 Å². The number of rotatable bonds is 0. The van der Waals surface area contributed by atoms with Gasteiger partial charge in [0.1, 0.15) is 11.4 Å². The molecule has 0 N–H and O–H groups in total. The highest BCUT2D eigenvalue weighted by Gasteiger charge is 2.45. The first-order valence-corrected chi connectivity index (χ1v) is 8.42. The molecule has 2 aliphatic heterocycles. The summed E-state index contributed by atoms with van der Waals surface area (Å²) in [6.07, 6.45) is 3.43. The molecule has 130 valence electrons. The van der Waals surface area contributed by atoms with Crippen molar-refractivity contribution in [3.8, 4) is 0 Å². The Morgan fingerprint density at radius 3 is 2.58 bits per heavy atom. The van der Waals surface area contributed by atoms with Gasteiger partial charge in [0.25, 0.3) is 0 Å². The molecule has 1 fully saturated rings. The van der Waals surface area contributed by atoms with Gasteiger partial charge in [-0.05, 0) is 39.7 Å². The van der Waals surface area contributed by atoms with Crippen molar-refractivity contribution in [3.05, 3.63) is 23.9 Å². The minimum absolute atomic E-state index is 0.0897. The topological polar surface area (TPSA) is 62.7 Å². The van der Waals surface area contributed by atoms with E-state index in [1.165, 1.54) is 0 Å². The molecule has 3 rings (SSSR count). The van der Waals surface area contributed by atoms with E-state index >= 15 is 0 Å². The number of ether oxygens (including phenoxy) is 1. The zero-order chi connectivity index (χ0) is 17.5. The lowest BCUT2D eigenvalue weighted by atomic mass is 9.68. The minimum Gasteiger partial charge on any atom is -0.444 e. The van der Waals surface area contributed by atoms with Gasteiger partial charge in [-0.25, -0.2) is 9.78 Å². The first-order valence-electron chi connectivity index (χ1n) is 8.42. The number of anilines is 1. The number of hydrogen-bond acceptors (Lipinski definition) is 4. The number of piperidine rings is 1. The number of aromatic nitrogens is 1. The zero-order valence-corrected chi connectivity index (χ0v) is 14.8. The van der Waals surface area contributed by atoms with E-state index in [4.69, 9.17) is 4.74 Å². The monoisotopic (exact) mass is 331 g/mol. The third-order valence-electron chi connectivity index (χ3n) is 4.91. The van der Waals surface area contributed by atoms with Crippen LogP contribution in [0.3, 0.4) is 0 Å². The lowest BCUT2D eigenvalue weighted by Gasteiger charge is -2.46. The fourth-order valence-electron chi connectivity index (χ4n) is 3.59. The normalized spacial score (nSPS) is 20.1. The maximum absolute atomic E-state index is 12.4. The van der Waals surface area contributed by atoms with Crippen LogP contribution in [0.2, 0.25) is 0 Å². The Morgan fingerprint density at radius 1 is 1.29 bits per heavy atom. The Kier molecular flexibility index (Phi) is 4.01. The molecule has 3 heterocycles. The average molecular weight is 331 g/mol. The predicted octanol–water partition coefficient (Wildman–Crippen LogP) is 2.72. The Balaban J connectivity index is 1.79. The number of carbonyl (C=O) groups excluding carboxylic acids is 2. The summed E-state index contributed by atoms with van der Waals surface area (Å²) in [5.74, 6) is 0.839. The summed E-state index contributed by atoms with van der Waals surface area (Å²) in [6.45, 7) is 6.80. The summed E-state index contributed by atoms with van der Waals surface area (Å²) in [6, 6.07) is 3.98. The molecule has 0 aromatic carbocycles. The third kappa shape index (κ3) is 2.97. The highest BCUT2D eigenvalue weighted by atomic mass is 16.6. The summed E-state index contributed by atoms with van der Waals surface area (Å²) < 4.78 is 5.46. The van der Waals surface area contributed by atoms with Crippen molar-refractivity contribution >= 4 is 17.8 Å². The number of pyridine rings is 1. The smallest absolute Gasteiger partial charge is 0.410 e. The Morgan fingerprint density at radius 2 is 1.96 bits per heavy atom. The first kappa shape index (κ1) is 16.7. The Labute approximate surface area is 142 Å². The molecule has 24 heavy (non-hydrogen) atoms. The van der Waals surface area contributed by atoms with Crippen molar-refractivity contribution in [2.45, 2.75) is 51.0 Å². The molecule has 2 aliphatic rings. The van der Waals surface area contributed by atoms with Crippen LogP contribution < -0.4 is 4.90 Å². The molecule has 0 radical (unpaired) electrons. The highest BCUT2D eigenvalue weighted by Crippen LogP contribution is 2.45. The van der Waals surface area contributed by atoms with E-state index in [9.17, 15) is 9.59 Å². The molecule has 2 amide bonds. The SMILES string of the molecule is CN1C(=O)CC2(CCN(C(=O)OC(C)(C)C)CC2)c2cccnc21. The van der Waals surface area contributed by atoms with Gasteiger partial charge in [-0.3, -0.25) is 9.69 Å². The lowest BCUT2D eigenvalue weighted by Crippen LogP contribution is -2.51. The molecule has 0 aliphatic carbocycles. The lowest BCUT2D eigenvalue weighted by molar-refractivity contribution is -0.120. The molecule has 6 nitrogen and oxygen atoms in total. The van der Waals surface area contributed by atoms with Crippen LogP contribution in [0, 0.1) is 0 Å². The number of hydrogen-bond donors (Lipinski definition) is 0. The fraction of sp³-hybridized carbons (Fsp3) is 0.611. The van der Waals surface area contributed by atoms with Gasteiger partial charge in [0.2, 0.25) is 5.91 Å². The van der Waals surface area contributed by atoms with E-state index in [1.807, 2.05) is 26.8 Å². The predicted molar refractivity (Wildman–Crippen MR) is 91.0 cm³/mol. The summed E-state index contributed by atoms with van der Waals surface area (Å²) >= 11 is 0. The van der Waals surface area contributed by atoms with E-state index in [1.54, 1.807) is 23.0 Å². The van der Waals surface area contributed by atoms with Gasteiger partial charge in [0, 0.05) is 43.7 Å². The summed E-state index contributed by atoms with van der Waals surface area (Å²) in [5.41, 5.74) is 0.411. The molecule has 0 saturated carbocycles. The van der Waals surface area contributed by atoms with E-state index in [2.05, 4.69) is 11.1 Å². The van der Waals surface area contributed by atoms with Gasteiger partial charge in [-0.2, -0.15) is 0 Å². The van der Waals surface area contributed by atoms with Crippen molar-refractivity contribution in [3.63, 3.8) is 0 Å². The summed E-state index contributed by atoms with van der Waals surface area (Å²) in [4.78, 5) is 32.5. The number of carbonyl (C=O) groups is 2. The van der Waals surface area contributed by atoms with Crippen LogP contribution in [-0.4, -0.2) is 47.6 Å². The quantitative estimate of drug-likeness (QED) is 0.733. The first-order chi connectivity index (χ1) is 11.2. The molecule has 6 heteroatoms. The van der Waals surface area contributed by atoms with Crippen LogP contribution >= 0.6 is 0 Å².